The monoisotopic (exact) mass is 1000 g/mol. The molecule has 0 heterocycles. The third-order valence-corrected chi connectivity index (χ3v) is 15.6. The van der Waals surface area contributed by atoms with Crippen LogP contribution in [0, 0.1) is 0 Å². The van der Waals surface area contributed by atoms with Crippen molar-refractivity contribution in [1.82, 2.24) is 5.32 Å². The summed E-state index contributed by atoms with van der Waals surface area (Å²) >= 11 is 0. The van der Waals surface area contributed by atoms with Crippen LogP contribution >= 0.6 is 7.82 Å². The number of phosphoric ester groups is 1. The first-order valence-corrected chi connectivity index (χ1v) is 32.4. The highest BCUT2D eigenvalue weighted by atomic mass is 31.2. The van der Waals surface area contributed by atoms with Gasteiger partial charge in [-0.15, -0.1) is 0 Å². The largest absolute Gasteiger partial charge is 0.472 e. The highest BCUT2D eigenvalue weighted by Crippen LogP contribution is 2.43. The minimum absolute atomic E-state index is 0.0787. The molecule has 0 saturated heterocycles. The van der Waals surface area contributed by atoms with Gasteiger partial charge in [0, 0.05) is 6.42 Å². The Hall–Kier alpha value is -0.500. The molecule has 0 rings (SSSR count). The zero-order valence-electron chi connectivity index (χ0n) is 47.3. The lowest BCUT2D eigenvalue weighted by molar-refractivity contribution is -0.870. The first-order valence-electron chi connectivity index (χ1n) is 30.9. The summed E-state index contributed by atoms with van der Waals surface area (Å²) in [5, 5.41) is 14.0. The number of carbonyl (C=O) groups excluding carboxylic acids is 1. The highest BCUT2D eigenvalue weighted by Gasteiger charge is 2.28. The molecular weight excluding hydrogens is 876 g/mol. The molecule has 0 bridgehead atoms. The van der Waals surface area contributed by atoms with E-state index in [2.05, 4.69) is 19.2 Å². The van der Waals surface area contributed by atoms with Gasteiger partial charge in [-0.3, -0.25) is 13.8 Å². The number of nitrogens with zero attached hydrogens (tertiary/aromatic N) is 1. The molecule has 3 N–H and O–H groups in total. The molecule has 0 aromatic carbocycles. The van der Waals surface area contributed by atoms with E-state index in [9.17, 15) is 19.4 Å². The summed E-state index contributed by atoms with van der Waals surface area (Å²) in [7, 11) is 1.63. The molecule has 3 unspecified atom stereocenters. The topological polar surface area (TPSA) is 105 Å². The molecule has 0 aromatic rings. The van der Waals surface area contributed by atoms with E-state index in [0.717, 1.165) is 38.5 Å². The van der Waals surface area contributed by atoms with Crippen LogP contribution in [0.2, 0.25) is 0 Å². The van der Waals surface area contributed by atoms with Crippen LogP contribution in [0.15, 0.2) is 0 Å². The fourth-order valence-electron chi connectivity index (χ4n) is 9.76. The lowest BCUT2D eigenvalue weighted by Gasteiger charge is -2.26. The molecule has 0 aliphatic heterocycles. The van der Waals surface area contributed by atoms with Crippen molar-refractivity contribution in [3.63, 3.8) is 0 Å². The summed E-state index contributed by atoms with van der Waals surface area (Å²) < 4.78 is 23.7. The van der Waals surface area contributed by atoms with Gasteiger partial charge >= 0.3 is 7.82 Å². The summed E-state index contributed by atoms with van der Waals surface area (Å²) in [6.45, 7) is 4.92. The van der Waals surface area contributed by atoms with Crippen LogP contribution in [0.4, 0.5) is 0 Å². The molecular formula is C60H124N2O6P+. The molecule has 0 spiro atoms. The molecule has 0 aromatic heterocycles. The maximum absolute atomic E-state index is 13.0. The third kappa shape index (κ3) is 55.1. The first kappa shape index (κ1) is 68.5. The van der Waals surface area contributed by atoms with E-state index >= 15 is 0 Å². The number of phosphoric acid groups is 1. The number of carbonyl (C=O) groups is 1. The molecule has 1 amide bonds. The van der Waals surface area contributed by atoms with Crippen molar-refractivity contribution in [2.75, 3.05) is 40.9 Å². The molecule has 0 radical (unpaired) electrons. The third-order valence-electron chi connectivity index (χ3n) is 14.6. The van der Waals surface area contributed by atoms with Crippen molar-refractivity contribution in [1.29, 1.82) is 0 Å². The van der Waals surface area contributed by atoms with Gasteiger partial charge in [0.2, 0.25) is 5.91 Å². The molecule has 3 atom stereocenters. The second-order valence-corrected chi connectivity index (χ2v) is 24.3. The summed E-state index contributed by atoms with van der Waals surface area (Å²) in [5.74, 6) is -0.138. The quantitative estimate of drug-likeness (QED) is 0.0318. The van der Waals surface area contributed by atoms with Crippen LogP contribution in [0.1, 0.15) is 328 Å². The number of quaternary nitrogens is 1. The Morgan fingerprint density at radius 2 is 0.696 bits per heavy atom. The zero-order chi connectivity index (χ0) is 50.6. The van der Waals surface area contributed by atoms with E-state index < -0.39 is 20.0 Å². The molecule has 8 nitrogen and oxygen atoms in total. The van der Waals surface area contributed by atoms with Crippen LogP contribution in [0.25, 0.3) is 0 Å². The number of rotatable bonds is 58. The number of hydrogen-bond acceptors (Lipinski definition) is 5. The summed E-state index contributed by atoms with van der Waals surface area (Å²) in [6, 6.07) is -0.754. The van der Waals surface area contributed by atoms with Crippen molar-refractivity contribution in [3.8, 4) is 0 Å². The van der Waals surface area contributed by atoms with E-state index in [4.69, 9.17) is 9.05 Å². The van der Waals surface area contributed by atoms with Crippen molar-refractivity contribution in [3.05, 3.63) is 0 Å². The van der Waals surface area contributed by atoms with Gasteiger partial charge in [-0.05, 0) is 12.8 Å². The number of amides is 1. The second-order valence-electron chi connectivity index (χ2n) is 22.8. The van der Waals surface area contributed by atoms with Gasteiger partial charge in [0.05, 0.1) is 39.9 Å². The van der Waals surface area contributed by atoms with Crippen LogP contribution in [-0.4, -0.2) is 73.4 Å². The van der Waals surface area contributed by atoms with E-state index in [-0.39, 0.29) is 19.1 Å². The average molecular weight is 1000 g/mol. The maximum atomic E-state index is 13.0. The Balaban J connectivity index is 3.81. The minimum Gasteiger partial charge on any atom is -0.391 e. The lowest BCUT2D eigenvalue weighted by atomic mass is 10.0. The van der Waals surface area contributed by atoms with Gasteiger partial charge in [0.15, 0.2) is 0 Å². The highest BCUT2D eigenvalue weighted by molar-refractivity contribution is 7.47. The van der Waals surface area contributed by atoms with Gasteiger partial charge in [-0.25, -0.2) is 4.57 Å². The predicted molar refractivity (Wildman–Crippen MR) is 300 cm³/mol. The van der Waals surface area contributed by atoms with E-state index in [1.54, 1.807) is 0 Å². The first-order chi connectivity index (χ1) is 33.5. The second kappa shape index (κ2) is 52.4. The summed E-state index contributed by atoms with van der Waals surface area (Å²) in [4.78, 5) is 23.3. The molecule has 0 aliphatic carbocycles. The number of aliphatic hydroxyl groups excluding tert-OH is 1. The van der Waals surface area contributed by atoms with Crippen molar-refractivity contribution >= 4 is 13.7 Å². The number of unbranched alkanes of at least 4 members (excludes halogenated alkanes) is 45. The van der Waals surface area contributed by atoms with Crippen molar-refractivity contribution in [2.45, 2.75) is 341 Å². The Morgan fingerprint density at radius 1 is 0.435 bits per heavy atom. The van der Waals surface area contributed by atoms with Gasteiger partial charge in [0.1, 0.15) is 13.2 Å². The number of hydrogen-bond donors (Lipinski definition) is 3. The van der Waals surface area contributed by atoms with Crippen molar-refractivity contribution in [2.24, 2.45) is 0 Å². The standard InChI is InChI=1S/C60H123N2O6P/c1-6-8-10-12-14-16-18-19-20-21-22-23-24-25-26-27-28-29-30-31-32-33-34-35-36-37-38-39-40-41-42-44-46-48-50-52-54-60(64)61-58(57-68-69(65,66)67-56-55-62(3,4)5)59(63)53-51-49-47-45-43-17-15-13-11-9-7-2/h58-59,63H,6-57H2,1-5H3,(H-,61,64,65,66)/p+1. The normalized spacial score (nSPS) is 13.8. The molecule has 69 heavy (non-hydrogen) atoms. The van der Waals surface area contributed by atoms with Crippen LogP contribution in [-0.2, 0) is 18.4 Å². The molecule has 0 aliphatic rings. The van der Waals surface area contributed by atoms with Gasteiger partial charge in [-0.2, -0.15) is 0 Å². The number of nitrogens with one attached hydrogen (secondary N) is 1. The van der Waals surface area contributed by atoms with Crippen molar-refractivity contribution < 1.29 is 32.9 Å². The predicted octanol–water partition coefficient (Wildman–Crippen LogP) is 18.8. The molecule has 0 fully saturated rings. The van der Waals surface area contributed by atoms with Gasteiger partial charge in [-0.1, -0.05) is 309 Å². The van der Waals surface area contributed by atoms with Crippen LogP contribution in [0.5, 0.6) is 0 Å². The number of aliphatic hydroxyl groups is 1. The average Bonchev–Trinajstić information content (AvgIpc) is 3.31. The Kier molecular flexibility index (Phi) is 52.0. The Morgan fingerprint density at radius 3 is 0.971 bits per heavy atom. The van der Waals surface area contributed by atoms with Crippen LogP contribution in [0.3, 0.4) is 0 Å². The lowest BCUT2D eigenvalue weighted by Crippen LogP contribution is -2.46. The fraction of sp³-hybridized carbons (Fsp3) is 0.983. The minimum atomic E-state index is -4.31. The van der Waals surface area contributed by atoms with Crippen LogP contribution < -0.4 is 5.32 Å². The number of likely N-dealkylation sites (N-methyl/N-ethyl adjacent to an activating group) is 1. The molecule has 414 valence electrons. The Labute approximate surface area is 431 Å². The van der Waals surface area contributed by atoms with Gasteiger partial charge < -0.3 is 19.8 Å². The maximum Gasteiger partial charge on any atom is 0.472 e. The summed E-state index contributed by atoms with van der Waals surface area (Å²) in [6.07, 6.45) is 63.5. The Bertz CT molecular complexity index is 1090. The molecule has 0 saturated carbocycles. The smallest absolute Gasteiger partial charge is 0.391 e. The zero-order valence-corrected chi connectivity index (χ0v) is 48.2. The van der Waals surface area contributed by atoms with Gasteiger partial charge in [0.25, 0.3) is 0 Å². The van der Waals surface area contributed by atoms with E-state index in [1.165, 1.54) is 263 Å². The SMILES string of the molecule is CCCCCCCCCCCCCCCCCCCCCCCCCCCCCCCCCCCCCCC(=O)NC(COP(=O)(O)OCC[N+](C)(C)C)C(O)CCCCCCCCCCCCC. The van der Waals surface area contributed by atoms with E-state index in [1.807, 2.05) is 21.1 Å². The summed E-state index contributed by atoms with van der Waals surface area (Å²) in [5.41, 5.74) is 0. The van der Waals surface area contributed by atoms with E-state index in [0.29, 0.717) is 23.9 Å². The molecule has 9 heteroatoms. The fourth-order valence-corrected chi connectivity index (χ4v) is 10.5.